The predicted molar refractivity (Wildman–Crippen MR) is 149 cm³/mol. The van der Waals surface area contributed by atoms with Gasteiger partial charge in [-0.1, -0.05) is 71.3 Å². The van der Waals surface area contributed by atoms with Gasteiger partial charge >= 0.3 is 0 Å². The van der Waals surface area contributed by atoms with E-state index in [1.54, 1.807) is 24.3 Å². The average molecular weight is 536 g/mol. The molecule has 36 heavy (non-hydrogen) atoms. The third kappa shape index (κ3) is 5.83. The van der Waals surface area contributed by atoms with Crippen molar-refractivity contribution in [3.05, 3.63) is 64.4 Å². The molecule has 2 N–H and O–H groups in total. The highest BCUT2D eigenvalue weighted by Crippen LogP contribution is 2.43. The molecule has 0 bridgehead atoms. The first kappa shape index (κ1) is 29.1. The average Bonchev–Trinajstić information content (AvgIpc) is 2.82. The van der Waals surface area contributed by atoms with Crippen molar-refractivity contribution >= 4 is 19.9 Å². The van der Waals surface area contributed by atoms with Gasteiger partial charge < -0.3 is 14.6 Å². The first-order valence-electron chi connectivity index (χ1n) is 13.2. The van der Waals surface area contributed by atoms with Crippen molar-refractivity contribution in [3.63, 3.8) is 0 Å². The minimum absolute atomic E-state index is 0.221. The summed E-state index contributed by atoms with van der Waals surface area (Å²) < 4.78 is 21.8. The van der Waals surface area contributed by atoms with Crippen molar-refractivity contribution in [2.45, 2.75) is 95.7 Å². The van der Waals surface area contributed by atoms with Crippen molar-refractivity contribution in [2.24, 2.45) is 0 Å². The number of benzene rings is 2. The molecule has 2 aromatic rings. The molecule has 7 heteroatoms. The van der Waals surface area contributed by atoms with E-state index in [0.717, 1.165) is 5.56 Å². The van der Waals surface area contributed by atoms with Crippen LogP contribution in [0.2, 0.25) is 21.6 Å². The molecule has 0 aromatic heterocycles. The molecule has 0 amide bonds. The summed E-state index contributed by atoms with van der Waals surface area (Å²) >= 11 is 6.00. The van der Waals surface area contributed by atoms with Gasteiger partial charge in [0.1, 0.15) is 5.75 Å². The van der Waals surface area contributed by atoms with Gasteiger partial charge in [-0.25, -0.2) is 4.39 Å². The van der Waals surface area contributed by atoms with Gasteiger partial charge in [0.05, 0.1) is 11.7 Å². The number of hydrogen-bond acceptors (Lipinski definition) is 4. The molecule has 1 unspecified atom stereocenters. The van der Waals surface area contributed by atoms with Gasteiger partial charge in [0, 0.05) is 24.2 Å². The van der Waals surface area contributed by atoms with Crippen molar-refractivity contribution in [1.29, 1.82) is 0 Å². The molecule has 1 aliphatic rings. The minimum atomic E-state index is -2.28. The van der Waals surface area contributed by atoms with Crippen LogP contribution in [0.1, 0.15) is 78.5 Å². The SMILES string of the molecule is CC(C)[Si](Oc1ccc(C(O)[C@@H](C)N2CCC(O)(c3ccc(Cl)cc3)CC2)cc1F)(C(C)C)C(C)C. The number of halogens is 2. The lowest BCUT2D eigenvalue weighted by Crippen LogP contribution is -2.50. The molecule has 2 aromatic carbocycles. The number of aliphatic hydroxyl groups is 2. The summed E-state index contributed by atoms with van der Waals surface area (Å²) in [6.07, 6.45) is 0.260. The molecule has 200 valence electrons. The van der Waals surface area contributed by atoms with E-state index in [4.69, 9.17) is 16.0 Å². The Labute approximate surface area is 222 Å². The molecule has 0 radical (unpaired) electrons. The highest BCUT2D eigenvalue weighted by atomic mass is 35.5. The highest BCUT2D eigenvalue weighted by molar-refractivity contribution is 6.78. The van der Waals surface area contributed by atoms with E-state index in [1.165, 1.54) is 6.07 Å². The Morgan fingerprint density at radius 1 is 0.917 bits per heavy atom. The van der Waals surface area contributed by atoms with Crippen molar-refractivity contribution in [1.82, 2.24) is 4.90 Å². The smallest absolute Gasteiger partial charge is 0.258 e. The van der Waals surface area contributed by atoms with Crippen LogP contribution in [0.15, 0.2) is 42.5 Å². The first-order chi connectivity index (χ1) is 16.8. The fourth-order valence-corrected chi connectivity index (χ4v) is 11.5. The van der Waals surface area contributed by atoms with Crippen LogP contribution in [-0.2, 0) is 5.60 Å². The summed E-state index contributed by atoms with van der Waals surface area (Å²) in [5, 5.41) is 22.9. The largest absolute Gasteiger partial charge is 0.541 e. The van der Waals surface area contributed by atoms with Crippen LogP contribution >= 0.6 is 11.6 Å². The summed E-state index contributed by atoms with van der Waals surface area (Å²) in [5.74, 6) is -0.138. The van der Waals surface area contributed by atoms with Gasteiger partial charge in [0.25, 0.3) is 8.32 Å². The quantitative estimate of drug-likeness (QED) is 0.327. The van der Waals surface area contributed by atoms with E-state index in [9.17, 15) is 10.2 Å². The molecule has 0 saturated carbocycles. The molecule has 3 rings (SSSR count). The molecule has 1 saturated heterocycles. The zero-order valence-electron chi connectivity index (χ0n) is 22.8. The van der Waals surface area contributed by atoms with Crippen molar-refractivity contribution in [2.75, 3.05) is 13.1 Å². The Morgan fingerprint density at radius 3 is 1.92 bits per heavy atom. The van der Waals surface area contributed by atoms with Gasteiger partial charge in [-0.2, -0.15) is 0 Å². The zero-order valence-corrected chi connectivity index (χ0v) is 24.5. The lowest BCUT2D eigenvalue weighted by atomic mass is 9.83. The Bertz CT molecular complexity index is 984. The predicted octanol–water partition coefficient (Wildman–Crippen LogP) is 7.44. The second-order valence-corrected chi connectivity index (χ2v) is 17.2. The van der Waals surface area contributed by atoms with Crippen molar-refractivity contribution < 1.29 is 19.0 Å². The van der Waals surface area contributed by atoms with Gasteiger partial charge in [-0.05, 0) is 71.8 Å². The monoisotopic (exact) mass is 535 g/mol. The summed E-state index contributed by atoms with van der Waals surface area (Å²) in [5.41, 5.74) is 1.52. The number of hydrogen-bond donors (Lipinski definition) is 2. The first-order valence-corrected chi connectivity index (χ1v) is 15.7. The van der Waals surface area contributed by atoms with Crippen LogP contribution in [0.25, 0.3) is 0 Å². The maximum absolute atomic E-state index is 15.3. The highest BCUT2D eigenvalue weighted by Gasteiger charge is 2.47. The van der Waals surface area contributed by atoms with Crippen LogP contribution in [0.4, 0.5) is 4.39 Å². The van der Waals surface area contributed by atoms with Gasteiger partial charge in [-0.15, -0.1) is 0 Å². The maximum Gasteiger partial charge on any atom is 0.258 e. The molecule has 0 spiro atoms. The number of rotatable bonds is 9. The minimum Gasteiger partial charge on any atom is -0.541 e. The van der Waals surface area contributed by atoms with E-state index >= 15 is 4.39 Å². The van der Waals surface area contributed by atoms with Gasteiger partial charge in [0.15, 0.2) is 5.82 Å². The Kier molecular flexibility index (Phi) is 9.32. The third-order valence-corrected chi connectivity index (χ3v) is 14.6. The number of aliphatic hydroxyl groups excluding tert-OH is 1. The summed E-state index contributed by atoms with van der Waals surface area (Å²) in [6.45, 7) is 16.3. The van der Waals surface area contributed by atoms with E-state index in [1.807, 2.05) is 19.1 Å². The molecule has 4 nitrogen and oxygen atoms in total. The Morgan fingerprint density at radius 2 is 1.44 bits per heavy atom. The lowest BCUT2D eigenvalue weighted by molar-refractivity contribution is -0.0502. The maximum atomic E-state index is 15.3. The number of likely N-dealkylation sites (tertiary alicyclic amines) is 1. The van der Waals surface area contributed by atoms with E-state index < -0.39 is 25.8 Å². The second kappa shape index (κ2) is 11.5. The lowest BCUT2D eigenvalue weighted by Gasteiger charge is -2.42. The standard InChI is InChI=1S/C29H43ClFNO3Si/c1-19(2)36(20(3)4,21(5)6)35-27-13-8-23(18-26(27)31)28(33)22(7)32-16-14-29(34,15-17-32)24-9-11-25(30)12-10-24/h8-13,18-22,28,33-34H,14-17H2,1-7H3/t22-,28?/m1/s1. The number of piperidine rings is 1. The topological polar surface area (TPSA) is 52.9 Å². The molecule has 2 atom stereocenters. The van der Waals surface area contributed by atoms with E-state index in [0.29, 0.717) is 53.1 Å². The summed E-state index contributed by atoms with van der Waals surface area (Å²) in [6, 6.07) is 12.0. The molecule has 0 aliphatic carbocycles. The molecule has 1 heterocycles. The molecular formula is C29H43ClFNO3Si. The van der Waals surface area contributed by atoms with Crippen molar-refractivity contribution in [3.8, 4) is 5.75 Å². The zero-order chi connectivity index (χ0) is 26.8. The summed E-state index contributed by atoms with van der Waals surface area (Å²) in [7, 11) is -2.28. The van der Waals surface area contributed by atoms with Gasteiger partial charge in [-0.3, -0.25) is 4.90 Å². The Hall–Kier alpha value is -1.44. The normalized spacial score (nSPS) is 18.6. The fourth-order valence-electron chi connectivity index (χ4n) is 6.16. The van der Waals surface area contributed by atoms with Crippen LogP contribution in [0.5, 0.6) is 5.75 Å². The van der Waals surface area contributed by atoms with E-state index in [-0.39, 0.29) is 11.8 Å². The van der Waals surface area contributed by atoms with E-state index in [2.05, 4.69) is 46.4 Å². The van der Waals surface area contributed by atoms with Crippen LogP contribution in [-0.4, -0.2) is 42.6 Å². The molecule has 1 fully saturated rings. The number of nitrogens with zero attached hydrogens (tertiary/aromatic N) is 1. The molecular weight excluding hydrogens is 493 g/mol. The second-order valence-electron chi connectivity index (χ2n) is 11.4. The third-order valence-electron chi connectivity index (χ3n) is 8.33. The van der Waals surface area contributed by atoms with Crippen LogP contribution in [0.3, 0.4) is 0 Å². The van der Waals surface area contributed by atoms with Crippen LogP contribution in [0, 0.1) is 5.82 Å². The fraction of sp³-hybridized carbons (Fsp3) is 0.586. The molecule has 1 aliphatic heterocycles. The Balaban J connectivity index is 1.71. The summed E-state index contributed by atoms with van der Waals surface area (Å²) in [4.78, 5) is 2.16. The van der Waals surface area contributed by atoms with Gasteiger partial charge in [0.2, 0.25) is 0 Å². The van der Waals surface area contributed by atoms with Crippen LogP contribution < -0.4 is 4.43 Å².